The van der Waals surface area contributed by atoms with Gasteiger partial charge in [-0.15, -0.1) is 0 Å². The van der Waals surface area contributed by atoms with E-state index in [0.29, 0.717) is 5.92 Å². The maximum atomic E-state index is 11.9. The molecule has 118 valence electrons. The summed E-state index contributed by atoms with van der Waals surface area (Å²) in [7, 11) is 0. The lowest BCUT2D eigenvalue weighted by Gasteiger charge is -2.21. The van der Waals surface area contributed by atoms with Crippen molar-refractivity contribution in [3.8, 4) is 0 Å². The van der Waals surface area contributed by atoms with Crippen molar-refractivity contribution in [2.45, 2.75) is 53.1 Å². The molecule has 2 N–H and O–H groups in total. The summed E-state index contributed by atoms with van der Waals surface area (Å²) < 4.78 is 5.29. The third-order valence-corrected chi connectivity index (χ3v) is 3.30. The van der Waals surface area contributed by atoms with Crippen LogP contribution in [0.1, 0.15) is 47.5 Å². The quantitative estimate of drug-likeness (QED) is 0.785. The number of para-hydroxylation sites is 2. The highest BCUT2D eigenvalue weighted by Gasteiger charge is 2.17. The van der Waals surface area contributed by atoms with Crippen LogP contribution in [0.2, 0.25) is 0 Å². The van der Waals surface area contributed by atoms with Crippen molar-refractivity contribution in [3.63, 3.8) is 0 Å². The molecule has 21 heavy (non-hydrogen) atoms. The molecule has 0 bridgehead atoms. The van der Waals surface area contributed by atoms with Crippen LogP contribution in [-0.4, -0.2) is 18.2 Å². The van der Waals surface area contributed by atoms with E-state index in [4.69, 9.17) is 4.74 Å². The van der Waals surface area contributed by atoms with Gasteiger partial charge in [0.05, 0.1) is 11.4 Å². The molecule has 1 aromatic carbocycles. The molecular formula is C17H28N2O2. The van der Waals surface area contributed by atoms with Crippen LogP contribution in [0.25, 0.3) is 0 Å². The molecule has 0 aliphatic rings. The molecule has 0 fully saturated rings. The first kappa shape index (κ1) is 17.3. The molecule has 1 amide bonds. The van der Waals surface area contributed by atoms with Gasteiger partial charge < -0.3 is 10.1 Å². The number of hydrogen-bond acceptors (Lipinski definition) is 3. The summed E-state index contributed by atoms with van der Waals surface area (Å²) >= 11 is 0. The van der Waals surface area contributed by atoms with E-state index in [1.54, 1.807) is 0 Å². The molecule has 0 atom stereocenters. The van der Waals surface area contributed by atoms with E-state index in [1.807, 2.05) is 45.0 Å². The van der Waals surface area contributed by atoms with Crippen molar-refractivity contribution >= 4 is 17.5 Å². The zero-order chi connectivity index (χ0) is 15.9. The summed E-state index contributed by atoms with van der Waals surface area (Å²) in [6, 6.07) is 7.69. The summed E-state index contributed by atoms with van der Waals surface area (Å²) in [5.41, 5.74) is 1.18. The average molecular weight is 292 g/mol. The molecule has 0 unspecified atom stereocenters. The third kappa shape index (κ3) is 6.52. The van der Waals surface area contributed by atoms with Crippen molar-refractivity contribution in [3.05, 3.63) is 24.3 Å². The molecule has 4 nitrogen and oxygen atoms in total. The number of anilines is 2. The summed E-state index contributed by atoms with van der Waals surface area (Å²) in [6.07, 6.45) is 1.86. The maximum Gasteiger partial charge on any atom is 0.412 e. The lowest BCUT2D eigenvalue weighted by molar-refractivity contribution is 0.0636. The second kappa shape index (κ2) is 7.91. The molecule has 0 aliphatic heterocycles. The highest BCUT2D eigenvalue weighted by Crippen LogP contribution is 2.23. The highest BCUT2D eigenvalue weighted by molar-refractivity contribution is 5.89. The van der Waals surface area contributed by atoms with Crippen LogP contribution in [-0.2, 0) is 4.74 Å². The van der Waals surface area contributed by atoms with Crippen LogP contribution < -0.4 is 10.6 Å². The molecule has 0 aromatic heterocycles. The molecule has 4 heteroatoms. The molecule has 1 aromatic rings. The smallest absolute Gasteiger partial charge is 0.412 e. The van der Waals surface area contributed by atoms with Crippen LogP contribution in [0.4, 0.5) is 16.2 Å². The number of carbonyl (C=O) groups excluding carboxylic acids is 1. The first-order chi connectivity index (χ1) is 9.85. The van der Waals surface area contributed by atoms with Gasteiger partial charge in [-0.3, -0.25) is 5.32 Å². The Labute approximate surface area is 128 Å². The SMILES string of the molecule is CCC(CC)CNc1ccccc1NC(=O)OC(C)(C)C. The van der Waals surface area contributed by atoms with E-state index < -0.39 is 11.7 Å². The van der Waals surface area contributed by atoms with Crippen molar-refractivity contribution in [1.29, 1.82) is 0 Å². The second-order valence-electron chi connectivity index (χ2n) is 6.24. The van der Waals surface area contributed by atoms with Crippen molar-refractivity contribution in [2.75, 3.05) is 17.2 Å². The minimum Gasteiger partial charge on any atom is -0.444 e. The van der Waals surface area contributed by atoms with Gasteiger partial charge in [0.25, 0.3) is 0 Å². The van der Waals surface area contributed by atoms with Crippen LogP contribution in [0.5, 0.6) is 0 Å². The van der Waals surface area contributed by atoms with Gasteiger partial charge in [0.15, 0.2) is 0 Å². The van der Waals surface area contributed by atoms with Crippen LogP contribution in [0.15, 0.2) is 24.3 Å². The van der Waals surface area contributed by atoms with Gasteiger partial charge in [-0.05, 0) is 38.8 Å². The van der Waals surface area contributed by atoms with E-state index in [1.165, 1.54) is 0 Å². The van der Waals surface area contributed by atoms with Crippen LogP contribution >= 0.6 is 0 Å². The fourth-order valence-corrected chi connectivity index (χ4v) is 1.99. The second-order valence-corrected chi connectivity index (χ2v) is 6.24. The number of nitrogens with one attached hydrogen (secondary N) is 2. The molecule has 0 saturated carbocycles. The predicted octanol–water partition coefficient (Wildman–Crippen LogP) is 4.88. The monoisotopic (exact) mass is 292 g/mol. The van der Waals surface area contributed by atoms with Gasteiger partial charge >= 0.3 is 6.09 Å². The van der Waals surface area contributed by atoms with Gasteiger partial charge in [-0.1, -0.05) is 38.8 Å². The number of ether oxygens (including phenoxy) is 1. The van der Waals surface area contributed by atoms with Crippen LogP contribution in [0, 0.1) is 5.92 Å². The third-order valence-electron chi connectivity index (χ3n) is 3.30. The Morgan fingerprint density at radius 1 is 1.14 bits per heavy atom. The molecular weight excluding hydrogens is 264 g/mol. The standard InChI is InChI=1S/C17H28N2O2/c1-6-13(7-2)12-18-14-10-8-9-11-15(14)19-16(20)21-17(3,4)5/h8-11,13,18H,6-7,12H2,1-5H3,(H,19,20). The highest BCUT2D eigenvalue weighted by atomic mass is 16.6. The first-order valence-electron chi connectivity index (χ1n) is 7.68. The average Bonchev–Trinajstić information content (AvgIpc) is 2.39. The Kier molecular flexibility index (Phi) is 6.53. The first-order valence-corrected chi connectivity index (χ1v) is 7.68. The van der Waals surface area contributed by atoms with Gasteiger partial charge in [-0.2, -0.15) is 0 Å². The van der Waals surface area contributed by atoms with Gasteiger partial charge in [-0.25, -0.2) is 4.79 Å². The van der Waals surface area contributed by atoms with Crippen LogP contribution in [0.3, 0.4) is 0 Å². The minimum atomic E-state index is -0.498. The van der Waals surface area contributed by atoms with Crippen molar-refractivity contribution < 1.29 is 9.53 Å². The summed E-state index contributed by atoms with van der Waals surface area (Å²) in [5.74, 6) is 0.639. The Bertz CT molecular complexity index is 448. The summed E-state index contributed by atoms with van der Waals surface area (Å²) in [6.45, 7) is 10.8. The van der Waals surface area contributed by atoms with E-state index in [2.05, 4.69) is 24.5 Å². The van der Waals surface area contributed by atoms with Gasteiger partial charge in [0, 0.05) is 6.54 Å². The zero-order valence-corrected chi connectivity index (χ0v) is 13.8. The fourth-order valence-electron chi connectivity index (χ4n) is 1.99. The maximum absolute atomic E-state index is 11.9. The molecule has 0 spiro atoms. The van der Waals surface area contributed by atoms with E-state index >= 15 is 0 Å². The molecule has 0 saturated heterocycles. The Morgan fingerprint density at radius 3 is 2.24 bits per heavy atom. The summed E-state index contributed by atoms with van der Waals surface area (Å²) in [4.78, 5) is 11.9. The molecule has 1 rings (SSSR count). The van der Waals surface area contributed by atoms with Crippen molar-refractivity contribution in [1.82, 2.24) is 0 Å². The fraction of sp³-hybridized carbons (Fsp3) is 0.588. The summed E-state index contributed by atoms with van der Waals surface area (Å²) in [5, 5.41) is 6.22. The van der Waals surface area contributed by atoms with E-state index in [9.17, 15) is 4.79 Å². The molecule has 0 aliphatic carbocycles. The number of benzene rings is 1. The number of hydrogen-bond donors (Lipinski definition) is 2. The largest absolute Gasteiger partial charge is 0.444 e. The Hall–Kier alpha value is -1.71. The lowest BCUT2D eigenvalue weighted by Crippen LogP contribution is -2.27. The van der Waals surface area contributed by atoms with Crippen molar-refractivity contribution in [2.24, 2.45) is 5.92 Å². The number of carbonyl (C=O) groups is 1. The Morgan fingerprint density at radius 2 is 1.71 bits per heavy atom. The molecule has 0 heterocycles. The molecule has 0 radical (unpaired) electrons. The van der Waals surface area contributed by atoms with E-state index in [0.717, 1.165) is 30.8 Å². The topological polar surface area (TPSA) is 50.4 Å². The Balaban J connectivity index is 2.68. The van der Waals surface area contributed by atoms with Gasteiger partial charge in [0.1, 0.15) is 5.60 Å². The lowest BCUT2D eigenvalue weighted by atomic mass is 10.0. The zero-order valence-electron chi connectivity index (χ0n) is 13.8. The number of amides is 1. The van der Waals surface area contributed by atoms with Gasteiger partial charge in [0.2, 0.25) is 0 Å². The number of rotatable bonds is 6. The predicted molar refractivity (Wildman–Crippen MR) is 88.9 cm³/mol. The normalized spacial score (nSPS) is 11.3. The van der Waals surface area contributed by atoms with E-state index in [-0.39, 0.29) is 0 Å². The minimum absolute atomic E-state index is 0.431.